The fourth-order valence-electron chi connectivity index (χ4n) is 4.72. The van der Waals surface area contributed by atoms with Gasteiger partial charge in [-0.15, -0.1) is 0 Å². The third kappa shape index (κ3) is 7.51. The van der Waals surface area contributed by atoms with Crippen molar-refractivity contribution in [1.29, 1.82) is 0 Å². The van der Waals surface area contributed by atoms with Crippen molar-refractivity contribution in [2.45, 2.75) is 31.9 Å². The number of hydrogen-bond acceptors (Lipinski definition) is 7. The summed E-state index contributed by atoms with van der Waals surface area (Å²) in [4.78, 5) is 29.7. The zero-order chi connectivity index (χ0) is 32.1. The van der Waals surface area contributed by atoms with Gasteiger partial charge >= 0.3 is 12.1 Å². The Labute approximate surface area is 255 Å². The number of nitrogens with one attached hydrogen (secondary N) is 1. The van der Waals surface area contributed by atoms with Crippen molar-refractivity contribution in [3.05, 3.63) is 95.4 Å². The van der Waals surface area contributed by atoms with Crippen molar-refractivity contribution in [3.63, 3.8) is 0 Å². The molecule has 1 aliphatic rings. The molecule has 45 heavy (non-hydrogen) atoms. The van der Waals surface area contributed by atoms with Gasteiger partial charge in [-0.25, -0.2) is 14.2 Å². The first-order valence-electron chi connectivity index (χ1n) is 14.0. The highest BCUT2D eigenvalue weighted by molar-refractivity contribution is 6.07. The molecule has 0 atom stereocenters. The topological polar surface area (TPSA) is 96.0 Å². The minimum atomic E-state index is -4.65. The van der Waals surface area contributed by atoms with Crippen molar-refractivity contribution in [1.82, 2.24) is 4.98 Å². The number of carbonyl (C=O) groups is 2. The molecule has 234 valence electrons. The van der Waals surface area contributed by atoms with Gasteiger partial charge < -0.3 is 24.3 Å². The number of pyridine rings is 1. The van der Waals surface area contributed by atoms with Crippen LogP contribution in [0.1, 0.15) is 47.2 Å². The maximum Gasteiger partial charge on any atom is 0.417 e. The lowest BCUT2D eigenvalue weighted by atomic mass is 9.90. The van der Waals surface area contributed by atoms with E-state index in [1.165, 1.54) is 61.8 Å². The molecular weight excluding hydrogens is 596 g/mol. The average molecular weight is 625 g/mol. The highest BCUT2D eigenvalue weighted by Crippen LogP contribution is 2.49. The molecule has 5 rings (SSSR count). The van der Waals surface area contributed by atoms with Crippen LogP contribution in [0.4, 0.5) is 23.2 Å². The second-order valence-corrected chi connectivity index (χ2v) is 10.1. The van der Waals surface area contributed by atoms with E-state index in [2.05, 4.69) is 10.3 Å². The molecule has 1 amide bonds. The summed E-state index contributed by atoms with van der Waals surface area (Å²) in [6.07, 6.45) is -1.78. The number of methoxy groups -OCH3 is 1. The monoisotopic (exact) mass is 624 g/mol. The van der Waals surface area contributed by atoms with Crippen LogP contribution in [0.5, 0.6) is 23.1 Å². The van der Waals surface area contributed by atoms with Crippen molar-refractivity contribution >= 4 is 17.6 Å². The third-order valence-corrected chi connectivity index (χ3v) is 6.91. The van der Waals surface area contributed by atoms with Gasteiger partial charge in [-0.2, -0.15) is 13.2 Å². The summed E-state index contributed by atoms with van der Waals surface area (Å²) in [5.41, 5.74) is 0.0507. The van der Waals surface area contributed by atoms with Gasteiger partial charge in [0.2, 0.25) is 5.88 Å². The van der Waals surface area contributed by atoms with E-state index in [1.807, 2.05) is 0 Å². The van der Waals surface area contributed by atoms with Crippen LogP contribution in [0.3, 0.4) is 0 Å². The maximum absolute atomic E-state index is 14.2. The van der Waals surface area contributed by atoms with Crippen molar-refractivity contribution in [2.24, 2.45) is 0 Å². The van der Waals surface area contributed by atoms with Crippen molar-refractivity contribution < 1.29 is 46.1 Å². The summed E-state index contributed by atoms with van der Waals surface area (Å²) in [6, 6.07) is 14.4. The molecule has 0 unspecified atom stereocenters. The highest BCUT2D eigenvalue weighted by Gasteiger charge is 2.36. The van der Waals surface area contributed by atoms with E-state index in [1.54, 1.807) is 6.92 Å². The number of halogens is 4. The summed E-state index contributed by atoms with van der Waals surface area (Å²) in [6.45, 7) is 1.20. The number of anilines is 1. The number of aromatic nitrogens is 1. The van der Waals surface area contributed by atoms with Crippen molar-refractivity contribution in [2.75, 3.05) is 25.6 Å². The van der Waals surface area contributed by atoms with Gasteiger partial charge in [0.15, 0.2) is 18.1 Å². The summed E-state index contributed by atoms with van der Waals surface area (Å²) in [5.74, 6) is -2.12. The van der Waals surface area contributed by atoms with Gasteiger partial charge in [0.1, 0.15) is 11.6 Å². The Morgan fingerprint density at radius 2 is 1.73 bits per heavy atom. The number of amides is 1. The lowest BCUT2D eigenvalue weighted by Gasteiger charge is -2.20. The van der Waals surface area contributed by atoms with Gasteiger partial charge in [-0.05, 0) is 78.8 Å². The molecule has 0 saturated heterocycles. The first kappa shape index (κ1) is 31.3. The van der Waals surface area contributed by atoms with Crippen LogP contribution in [0.15, 0.2) is 72.9 Å². The fourth-order valence-corrected chi connectivity index (χ4v) is 4.72. The van der Waals surface area contributed by atoms with Crippen LogP contribution in [0.2, 0.25) is 0 Å². The van der Waals surface area contributed by atoms with Gasteiger partial charge in [-0.1, -0.05) is 18.2 Å². The molecule has 1 aromatic heterocycles. The number of rotatable bonds is 11. The molecule has 0 spiro atoms. The average Bonchev–Trinajstić information content (AvgIpc) is 3.86. The standard InChI is InChI=1S/C33H28F4N2O6/c1-3-43-31(40)18-44-29-14-20(34)10-11-27(29)45-28-17-23(19-8-9-19)24(22-6-4-5-7-26(22)33(35,36)37)16-25(28)32(41)39-21-12-13-38-30(15-21)42-2/h4-7,10-17,19H,3,8-9,18H2,1-2H3,(H,38,39,41). The van der Waals surface area contributed by atoms with Crippen LogP contribution in [0.25, 0.3) is 11.1 Å². The Morgan fingerprint density at radius 3 is 2.44 bits per heavy atom. The Bertz CT molecular complexity index is 1720. The highest BCUT2D eigenvalue weighted by atomic mass is 19.4. The molecule has 0 bridgehead atoms. The minimum Gasteiger partial charge on any atom is -0.481 e. The number of benzene rings is 3. The largest absolute Gasteiger partial charge is 0.481 e. The number of nitrogens with zero attached hydrogens (tertiary/aromatic N) is 1. The predicted octanol–water partition coefficient (Wildman–Crippen LogP) is 7.78. The molecule has 1 aliphatic carbocycles. The second-order valence-electron chi connectivity index (χ2n) is 10.1. The number of hydrogen-bond donors (Lipinski definition) is 1. The molecule has 1 fully saturated rings. The van der Waals surface area contributed by atoms with Gasteiger partial charge in [-0.3, -0.25) is 4.79 Å². The molecule has 4 aromatic rings. The Balaban J connectivity index is 1.63. The van der Waals surface area contributed by atoms with Gasteiger partial charge in [0.25, 0.3) is 5.91 Å². The van der Waals surface area contributed by atoms with Gasteiger partial charge in [0.05, 0.1) is 24.8 Å². The summed E-state index contributed by atoms with van der Waals surface area (Å²) in [5, 5.41) is 2.71. The van der Waals surface area contributed by atoms with Crippen LogP contribution in [-0.4, -0.2) is 37.2 Å². The van der Waals surface area contributed by atoms with E-state index < -0.39 is 36.0 Å². The van der Waals surface area contributed by atoms with Gasteiger partial charge in [0, 0.05) is 24.0 Å². The van der Waals surface area contributed by atoms with Crippen LogP contribution < -0.4 is 19.5 Å². The summed E-state index contributed by atoms with van der Waals surface area (Å²) >= 11 is 0. The Hall–Kier alpha value is -5.13. The molecule has 0 aliphatic heterocycles. The molecular formula is C33H28F4N2O6. The molecule has 12 heteroatoms. The molecule has 3 aromatic carbocycles. The molecule has 1 saturated carbocycles. The first-order valence-corrected chi connectivity index (χ1v) is 14.0. The zero-order valence-corrected chi connectivity index (χ0v) is 24.2. The summed E-state index contributed by atoms with van der Waals surface area (Å²) in [7, 11) is 1.41. The van der Waals surface area contributed by atoms with E-state index in [4.69, 9.17) is 18.9 Å². The SMILES string of the molecule is CCOC(=O)COc1cc(F)ccc1Oc1cc(C2CC2)c(-c2ccccc2C(F)(F)F)cc1C(=O)Nc1ccnc(OC)c1. The Morgan fingerprint density at radius 1 is 0.956 bits per heavy atom. The number of ether oxygens (including phenoxy) is 4. The van der Waals surface area contributed by atoms with Crippen LogP contribution in [0, 0.1) is 5.82 Å². The van der Waals surface area contributed by atoms with Crippen LogP contribution in [-0.2, 0) is 15.7 Å². The van der Waals surface area contributed by atoms with Crippen LogP contribution >= 0.6 is 0 Å². The maximum atomic E-state index is 14.2. The number of alkyl halides is 3. The predicted molar refractivity (Wildman–Crippen MR) is 156 cm³/mol. The molecule has 0 radical (unpaired) electrons. The summed E-state index contributed by atoms with van der Waals surface area (Å²) < 4.78 is 78.2. The van der Waals surface area contributed by atoms with E-state index in [9.17, 15) is 27.2 Å². The Kier molecular flexibility index (Phi) is 9.21. The van der Waals surface area contributed by atoms with Crippen molar-refractivity contribution in [3.8, 4) is 34.3 Å². The minimum absolute atomic E-state index is 0.0174. The van der Waals surface area contributed by atoms with E-state index in [0.717, 1.165) is 31.0 Å². The molecule has 8 nitrogen and oxygen atoms in total. The fraction of sp³-hybridized carbons (Fsp3) is 0.242. The van der Waals surface area contributed by atoms with E-state index >= 15 is 0 Å². The van der Waals surface area contributed by atoms with E-state index in [-0.39, 0.29) is 52.3 Å². The van der Waals surface area contributed by atoms with E-state index in [0.29, 0.717) is 11.3 Å². The molecule has 1 heterocycles. The second kappa shape index (κ2) is 13.2. The third-order valence-electron chi connectivity index (χ3n) is 6.91. The lowest BCUT2D eigenvalue weighted by Crippen LogP contribution is -2.16. The number of esters is 1. The zero-order valence-electron chi connectivity index (χ0n) is 24.2. The first-order chi connectivity index (χ1) is 21.6. The molecule has 1 N–H and O–H groups in total. The normalized spacial score (nSPS) is 12.8. The lowest BCUT2D eigenvalue weighted by molar-refractivity contribution is -0.145. The quantitative estimate of drug-likeness (QED) is 0.135. The number of carbonyl (C=O) groups excluding carboxylic acids is 2. The smallest absolute Gasteiger partial charge is 0.417 e.